The Balaban J connectivity index is 1.74. The summed E-state index contributed by atoms with van der Waals surface area (Å²) in [5.41, 5.74) is 4.19. The zero-order valence-corrected chi connectivity index (χ0v) is 14.1. The Morgan fingerprint density at radius 3 is 2.83 bits per heavy atom. The summed E-state index contributed by atoms with van der Waals surface area (Å²) < 4.78 is 10.8. The molecule has 0 spiro atoms. The van der Waals surface area contributed by atoms with Crippen molar-refractivity contribution in [1.29, 1.82) is 0 Å². The zero-order valence-electron chi connectivity index (χ0n) is 13.3. The van der Waals surface area contributed by atoms with Gasteiger partial charge in [-0.05, 0) is 28.9 Å². The number of nitrogens with one attached hydrogen (secondary N) is 3. The fourth-order valence-corrected chi connectivity index (χ4v) is 3.35. The van der Waals surface area contributed by atoms with Gasteiger partial charge in [-0.25, -0.2) is 4.63 Å². The molecule has 0 amide bonds. The van der Waals surface area contributed by atoms with Gasteiger partial charge in [-0.2, -0.15) is 0 Å². The Bertz CT molecular complexity index is 856. The van der Waals surface area contributed by atoms with Crippen molar-refractivity contribution in [3.8, 4) is 0 Å². The average Bonchev–Trinajstić information content (AvgIpc) is 3.27. The van der Waals surface area contributed by atoms with Gasteiger partial charge in [0, 0.05) is 25.7 Å². The molecule has 3 heterocycles. The van der Waals surface area contributed by atoms with Gasteiger partial charge in [-0.15, -0.1) is 10.2 Å². The summed E-state index contributed by atoms with van der Waals surface area (Å²) in [7, 11) is 1.81. The van der Waals surface area contributed by atoms with Crippen LogP contribution in [0, 0.1) is 6.92 Å². The SMILES string of the molecule is CNc1nnc(Nc2c(C)cc(C3CNCCO3)c3nonc23)s1. The van der Waals surface area contributed by atoms with E-state index in [4.69, 9.17) is 9.37 Å². The van der Waals surface area contributed by atoms with Crippen LogP contribution in [0.4, 0.5) is 16.0 Å². The van der Waals surface area contributed by atoms with Gasteiger partial charge < -0.3 is 20.7 Å². The summed E-state index contributed by atoms with van der Waals surface area (Å²) in [6.45, 7) is 4.29. The number of aromatic nitrogens is 4. The molecule has 3 N–H and O–H groups in total. The Hall–Kier alpha value is -2.30. The molecule has 0 aliphatic carbocycles. The predicted octanol–water partition coefficient (Wildman–Crippen LogP) is 1.83. The van der Waals surface area contributed by atoms with Crippen molar-refractivity contribution in [3.63, 3.8) is 0 Å². The van der Waals surface area contributed by atoms with Crippen molar-refractivity contribution in [3.05, 3.63) is 17.2 Å². The first-order chi connectivity index (χ1) is 11.8. The van der Waals surface area contributed by atoms with Gasteiger partial charge in [0.25, 0.3) is 0 Å². The van der Waals surface area contributed by atoms with Crippen LogP contribution in [-0.2, 0) is 4.74 Å². The molecular formula is C14H17N7O2S. The molecule has 1 fully saturated rings. The largest absolute Gasteiger partial charge is 0.371 e. The van der Waals surface area contributed by atoms with Gasteiger partial charge in [-0.1, -0.05) is 11.3 Å². The maximum Gasteiger partial charge on any atom is 0.211 e. The van der Waals surface area contributed by atoms with E-state index in [1.165, 1.54) is 11.3 Å². The van der Waals surface area contributed by atoms with Gasteiger partial charge in [0.15, 0.2) is 5.52 Å². The summed E-state index contributed by atoms with van der Waals surface area (Å²) >= 11 is 1.42. The maximum absolute atomic E-state index is 5.85. The topological polar surface area (TPSA) is 110 Å². The highest BCUT2D eigenvalue weighted by atomic mass is 32.1. The van der Waals surface area contributed by atoms with Crippen LogP contribution in [0.5, 0.6) is 0 Å². The standard InChI is InChI=1S/C14H17N7O2S/c1-7-5-8(9-6-16-3-4-22-9)11-12(21-23-20-11)10(7)17-14-19-18-13(15-2)24-14/h5,9,16H,3-4,6H2,1-2H3,(H,15,18)(H,17,19). The fourth-order valence-electron chi connectivity index (χ4n) is 2.75. The lowest BCUT2D eigenvalue weighted by molar-refractivity contribution is 0.0284. The van der Waals surface area contributed by atoms with E-state index in [9.17, 15) is 0 Å². The second-order valence-corrected chi connectivity index (χ2v) is 6.45. The van der Waals surface area contributed by atoms with E-state index in [0.29, 0.717) is 22.8 Å². The monoisotopic (exact) mass is 347 g/mol. The number of hydrogen-bond acceptors (Lipinski definition) is 10. The highest BCUT2D eigenvalue weighted by Gasteiger charge is 2.24. The summed E-state index contributed by atoms with van der Waals surface area (Å²) in [4.78, 5) is 0. The van der Waals surface area contributed by atoms with E-state index < -0.39 is 0 Å². The second-order valence-electron chi connectivity index (χ2n) is 5.47. The van der Waals surface area contributed by atoms with Gasteiger partial charge in [0.1, 0.15) is 5.52 Å². The fraction of sp³-hybridized carbons (Fsp3) is 0.429. The average molecular weight is 347 g/mol. The molecule has 1 aromatic carbocycles. The normalized spacial score (nSPS) is 18.0. The van der Waals surface area contributed by atoms with Gasteiger partial charge in [0.05, 0.1) is 18.4 Å². The minimum atomic E-state index is -0.0571. The molecule has 126 valence electrons. The molecule has 2 aromatic heterocycles. The molecule has 3 aromatic rings. The number of aryl methyl sites for hydroxylation is 1. The van der Waals surface area contributed by atoms with Crippen molar-refractivity contribution >= 4 is 38.3 Å². The first-order valence-corrected chi connectivity index (χ1v) is 8.44. The Labute approximate surface area is 141 Å². The number of nitrogens with zero attached hydrogens (tertiary/aromatic N) is 4. The molecular weight excluding hydrogens is 330 g/mol. The first-order valence-electron chi connectivity index (χ1n) is 7.62. The zero-order chi connectivity index (χ0) is 16.5. The number of hydrogen-bond donors (Lipinski definition) is 3. The lowest BCUT2D eigenvalue weighted by Crippen LogP contribution is -2.33. The molecule has 1 unspecified atom stereocenters. The third kappa shape index (κ3) is 2.68. The Morgan fingerprint density at radius 2 is 2.08 bits per heavy atom. The van der Waals surface area contributed by atoms with Crippen LogP contribution in [0.1, 0.15) is 17.2 Å². The molecule has 0 saturated carbocycles. The summed E-state index contributed by atoms with van der Waals surface area (Å²) in [6.07, 6.45) is -0.0571. The minimum Gasteiger partial charge on any atom is -0.371 e. The van der Waals surface area contributed by atoms with E-state index in [-0.39, 0.29) is 6.10 Å². The van der Waals surface area contributed by atoms with Gasteiger partial charge in [-0.3, -0.25) is 0 Å². The molecule has 1 aliphatic rings. The van der Waals surface area contributed by atoms with Crippen LogP contribution < -0.4 is 16.0 Å². The van der Waals surface area contributed by atoms with Crippen LogP contribution >= 0.6 is 11.3 Å². The van der Waals surface area contributed by atoms with Crippen molar-refractivity contribution in [2.45, 2.75) is 13.0 Å². The van der Waals surface area contributed by atoms with Crippen molar-refractivity contribution in [2.75, 3.05) is 37.4 Å². The second kappa shape index (κ2) is 6.30. The van der Waals surface area contributed by atoms with E-state index >= 15 is 0 Å². The number of ether oxygens (including phenoxy) is 1. The van der Waals surface area contributed by atoms with Gasteiger partial charge in [0.2, 0.25) is 10.3 Å². The third-order valence-electron chi connectivity index (χ3n) is 3.91. The molecule has 0 radical (unpaired) electrons. The van der Waals surface area contributed by atoms with Crippen LogP contribution in [0.2, 0.25) is 0 Å². The van der Waals surface area contributed by atoms with Crippen molar-refractivity contribution in [2.24, 2.45) is 0 Å². The van der Waals surface area contributed by atoms with Crippen LogP contribution in [0.3, 0.4) is 0 Å². The first kappa shape index (κ1) is 15.2. The lowest BCUT2D eigenvalue weighted by Gasteiger charge is -2.24. The number of benzene rings is 1. The lowest BCUT2D eigenvalue weighted by atomic mass is 10.0. The van der Waals surface area contributed by atoms with E-state index in [0.717, 1.165) is 35.0 Å². The van der Waals surface area contributed by atoms with Crippen molar-refractivity contribution in [1.82, 2.24) is 25.8 Å². The van der Waals surface area contributed by atoms with Gasteiger partial charge >= 0.3 is 0 Å². The number of morpholine rings is 1. The Kier molecular flexibility index (Phi) is 4.00. The highest BCUT2D eigenvalue weighted by Crippen LogP contribution is 2.35. The summed E-state index contributed by atoms with van der Waals surface area (Å²) in [5.74, 6) is 0. The van der Waals surface area contributed by atoms with Crippen LogP contribution in [-0.4, -0.2) is 47.3 Å². The van der Waals surface area contributed by atoms with Crippen molar-refractivity contribution < 1.29 is 9.37 Å². The third-order valence-corrected chi connectivity index (χ3v) is 4.77. The molecule has 10 heteroatoms. The number of fused-ring (bicyclic) bond motifs is 1. The summed E-state index contributed by atoms with van der Waals surface area (Å²) in [6, 6.07) is 2.06. The summed E-state index contributed by atoms with van der Waals surface area (Å²) in [5, 5.41) is 27.3. The molecule has 24 heavy (non-hydrogen) atoms. The molecule has 1 atom stereocenters. The maximum atomic E-state index is 5.85. The van der Waals surface area contributed by atoms with Crippen LogP contribution in [0.25, 0.3) is 11.0 Å². The predicted molar refractivity (Wildman–Crippen MR) is 90.8 cm³/mol. The quantitative estimate of drug-likeness (QED) is 0.651. The number of rotatable bonds is 4. The van der Waals surface area contributed by atoms with E-state index in [1.54, 1.807) is 0 Å². The van der Waals surface area contributed by atoms with E-state index in [1.807, 2.05) is 14.0 Å². The molecule has 0 bridgehead atoms. The molecule has 9 nitrogen and oxygen atoms in total. The molecule has 1 saturated heterocycles. The Morgan fingerprint density at radius 1 is 1.25 bits per heavy atom. The highest BCUT2D eigenvalue weighted by molar-refractivity contribution is 7.19. The smallest absolute Gasteiger partial charge is 0.211 e. The minimum absolute atomic E-state index is 0.0571. The van der Waals surface area contributed by atoms with Crippen LogP contribution in [0.15, 0.2) is 10.7 Å². The molecule has 4 rings (SSSR count). The number of anilines is 3. The molecule has 1 aliphatic heterocycles. The van der Waals surface area contributed by atoms with E-state index in [2.05, 4.69) is 42.5 Å².